The fraction of sp³-hybridized carbons (Fsp3) is 0.333. The number of Topliss-reactive ketones (excluding diaryl/α,β-unsaturated/α-hetero) is 1. The van der Waals surface area contributed by atoms with Crippen LogP contribution in [0.15, 0.2) is 30.5 Å². The summed E-state index contributed by atoms with van der Waals surface area (Å²) >= 11 is 0. The molecule has 1 aromatic heterocycles. The van der Waals surface area contributed by atoms with Crippen LogP contribution < -0.4 is 0 Å². The number of hydrogen-bond acceptors (Lipinski definition) is 2. The van der Waals surface area contributed by atoms with Gasteiger partial charge in [0.2, 0.25) is 5.78 Å². The molecule has 0 bridgehead atoms. The molecule has 1 aliphatic rings. The minimum atomic E-state index is -0.432. The molecule has 0 saturated heterocycles. The highest BCUT2D eigenvalue weighted by Gasteiger charge is 2.20. The molecular formula is C15H15NO2. The summed E-state index contributed by atoms with van der Waals surface area (Å²) in [6.45, 7) is 0.951. The van der Waals surface area contributed by atoms with Gasteiger partial charge < -0.3 is 4.57 Å². The van der Waals surface area contributed by atoms with Gasteiger partial charge in [-0.05, 0) is 24.8 Å². The summed E-state index contributed by atoms with van der Waals surface area (Å²) in [6.07, 6.45) is 6.08. The Morgan fingerprint density at radius 2 is 2.11 bits per heavy atom. The number of para-hydroxylation sites is 1. The van der Waals surface area contributed by atoms with Gasteiger partial charge >= 0.3 is 0 Å². The van der Waals surface area contributed by atoms with E-state index in [4.69, 9.17) is 0 Å². The van der Waals surface area contributed by atoms with Gasteiger partial charge in [0.15, 0.2) is 6.29 Å². The van der Waals surface area contributed by atoms with Gasteiger partial charge in [-0.2, -0.15) is 0 Å². The van der Waals surface area contributed by atoms with Gasteiger partial charge in [0.25, 0.3) is 0 Å². The first-order chi connectivity index (χ1) is 8.79. The summed E-state index contributed by atoms with van der Waals surface area (Å²) in [5, 5.41) is 0.883. The number of aromatic nitrogens is 1. The second-order valence-electron chi connectivity index (χ2n) is 4.99. The highest BCUT2D eigenvalue weighted by molar-refractivity contribution is 6.36. The first-order valence-electron chi connectivity index (χ1n) is 6.37. The second-order valence-corrected chi connectivity index (χ2v) is 4.99. The van der Waals surface area contributed by atoms with Crippen molar-refractivity contribution in [3.63, 3.8) is 0 Å². The van der Waals surface area contributed by atoms with E-state index >= 15 is 0 Å². The zero-order chi connectivity index (χ0) is 12.5. The van der Waals surface area contributed by atoms with E-state index in [0.717, 1.165) is 23.4 Å². The fourth-order valence-corrected chi connectivity index (χ4v) is 2.61. The summed E-state index contributed by atoms with van der Waals surface area (Å²) in [5.74, 6) is 0.290. The van der Waals surface area contributed by atoms with Crippen LogP contribution in [0, 0.1) is 5.92 Å². The van der Waals surface area contributed by atoms with Crippen LogP contribution in [0.3, 0.4) is 0 Å². The van der Waals surface area contributed by atoms with Crippen LogP contribution in [-0.2, 0) is 11.3 Å². The largest absolute Gasteiger partial charge is 0.346 e. The quantitative estimate of drug-likeness (QED) is 0.469. The topological polar surface area (TPSA) is 39.1 Å². The number of ketones is 1. The van der Waals surface area contributed by atoms with Crippen molar-refractivity contribution >= 4 is 23.0 Å². The van der Waals surface area contributed by atoms with E-state index in [-0.39, 0.29) is 0 Å². The van der Waals surface area contributed by atoms with Crippen molar-refractivity contribution in [2.24, 2.45) is 5.92 Å². The molecule has 3 rings (SSSR count). The lowest BCUT2D eigenvalue weighted by Crippen LogP contribution is -2.17. The fourth-order valence-electron chi connectivity index (χ4n) is 2.61. The molecule has 0 N–H and O–H groups in total. The Kier molecular flexibility index (Phi) is 2.74. The number of benzene rings is 1. The minimum Gasteiger partial charge on any atom is -0.346 e. The van der Waals surface area contributed by atoms with Crippen molar-refractivity contribution in [2.45, 2.75) is 25.8 Å². The number of carbonyl (C=O) groups is 2. The van der Waals surface area contributed by atoms with E-state index < -0.39 is 5.78 Å². The van der Waals surface area contributed by atoms with Gasteiger partial charge in [0.05, 0.1) is 5.56 Å². The normalized spacial score (nSPS) is 15.6. The summed E-state index contributed by atoms with van der Waals surface area (Å²) in [6, 6.07) is 7.78. The summed E-state index contributed by atoms with van der Waals surface area (Å²) in [7, 11) is 0. The predicted molar refractivity (Wildman–Crippen MR) is 69.7 cm³/mol. The Labute approximate surface area is 105 Å². The van der Waals surface area contributed by atoms with Crippen LogP contribution in [0.25, 0.3) is 10.9 Å². The third-order valence-electron chi connectivity index (χ3n) is 3.84. The average Bonchev–Trinajstić information content (AvgIpc) is 2.72. The molecule has 0 spiro atoms. The molecule has 18 heavy (non-hydrogen) atoms. The van der Waals surface area contributed by atoms with Crippen molar-refractivity contribution in [3.8, 4) is 0 Å². The molecule has 0 atom stereocenters. The van der Waals surface area contributed by atoms with E-state index in [9.17, 15) is 9.59 Å². The first-order valence-corrected chi connectivity index (χ1v) is 6.37. The Morgan fingerprint density at radius 3 is 2.78 bits per heavy atom. The Bertz CT molecular complexity index is 608. The SMILES string of the molecule is O=CC(=O)c1cn(CC2CCC2)c2ccccc12. The lowest BCUT2D eigenvalue weighted by molar-refractivity contribution is -0.104. The third kappa shape index (κ3) is 1.76. The molecule has 1 heterocycles. The highest BCUT2D eigenvalue weighted by Crippen LogP contribution is 2.30. The smallest absolute Gasteiger partial charge is 0.227 e. The molecule has 0 aliphatic heterocycles. The van der Waals surface area contributed by atoms with Gasteiger partial charge in [-0.15, -0.1) is 0 Å². The Morgan fingerprint density at radius 1 is 1.33 bits per heavy atom. The average molecular weight is 241 g/mol. The van der Waals surface area contributed by atoms with Gasteiger partial charge in [0, 0.05) is 23.6 Å². The van der Waals surface area contributed by atoms with E-state index in [0.29, 0.717) is 11.8 Å². The van der Waals surface area contributed by atoms with Gasteiger partial charge in [-0.1, -0.05) is 24.6 Å². The minimum absolute atomic E-state index is 0.398. The molecule has 1 aliphatic carbocycles. The summed E-state index contributed by atoms with van der Waals surface area (Å²) in [4.78, 5) is 22.3. The highest BCUT2D eigenvalue weighted by atomic mass is 16.2. The van der Waals surface area contributed by atoms with Crippen LogP contribution in [0.2, 0.25) is 0 Å². The van der Waals surface area contributed by atoms with E-state index in [2.05, 4.69) is 4.57 Å². The standard InChI is InChI=1S/C15H15NO2/c17-10-15(18)13-9-16(8-11-4-3-5-11)14-7-2-1-6-12(13)14/h1-2,6-7,9-11H,3-5,8H2. The predicted octanol–water partition coefficient (Wildman–Crippen LogP) is 2.82. The number of rotatable bonds is 4. The zero-order valence-corrected chi connectivity index (χ0v) is 10.1. The molecule has 92 valence electrons. The zero-order valence-electron chi connectivity index (χ0n) is 10.1. The number of fused-ring (bicyclic) bond motifs is 1. The van der Waals surface area contributed by atoms with Crippen LogP contribution in [0.1, 0.15) is 29.6 Å². The van der Waals surface area contributed by atoms with E-state index in [1.165, 1.54) is 19.3 Å². The van der Waals surface area contributed by atoms with E-state index in [1.807, 2.05) is 30.5 Å². The molecule has 0 radical (unpaired) electrons. The van der Waals surface area contributed by atoms with Crippen molar-refractivity contribution in [1.29, 1.82) is 0 Å². The second kappa shape index (κ2) is 4.41. The maximum atomic E-state index is 11.6. The van der Waals surface area contributed by atoms with Gasteiger partial charge in [-0.25, -0.2) is 0 Å². The van der Waals surface area contributed by atoms with Crippen molar-refractivity contribution in [3.05, 3.63) is 36.0 Å². The van der Waals surface area contributed by atoms with Gasteiger partial charge in [-0.3, -0.25) is 9.59 Å². The molecule has 3 nitrogen and oxygen atoms in total. The van der Waals surface area contributed by atoms with Gasteiger partial charge in [0.1, 0.15) is 0 Å². The Balaban J connectivity index is 2.07. The molecular weight excluding hydrogens is 226 g/mol. The van der Waals surface area contributed by atoms with Crippen molar-refractivity contribution < 1.29 is 9.59 Å². The van der Waals surface area contributed by atoms with Crippen LogP contribution in [0.4, 0.5) is 0 Å². The van der Waals surface area contributed by atoms with E-state index in [1.54, 1.807) is 0 Å². The number of carbonyl (C=O) groups excluding carboxylic acids is 2. The van der Waals surface area contributed by atoms with Crippen molar-refractivity contribution in [2.75, 3.05) is 0 Å². The molecule has 0 unspecified atom stereocenters. The lowest BCUT2D eigenvalue weighted by atomic mass is 9.85. The van der Waals surface area contributed by atoms with Crippen LogP contribution in [0.5, 0.6) is 0 Å². The number of aldehydes is 1. The molecule has 1 aromatic carbocycles. The molecule has 0 amide bonds. The van der Waals surface area contributed by atoms with Crippen LogP contribution in [-0.4, -0.2) is 16.6 Å². The maximum absolute atomic E-state index is 11.6. The number of nitrogens with zero attached hydrogens (tertiary/aromatic N) is 1. The lowest BCUT2D eigenvalue weighted by Gasteiger charge is -2.26. The first kappa shape index (κ1) is 11.2. The molecule has 1 saturated carbocycles. The molecule has 1 fully saturated rings. The van der Waals surface area contributed by atoms with Crippen LogP contribution >= 0.6 is 0 Å². The molecule has 3 heteroatoms. The third-order valence-corrected chi connectivity index (χ3v) is 3.84. The molecule has 2 aromatic rings. The maximum Gasteiger partial charge on any atom is 0.227 e. The summed E-state index contributed by atoms with van der Waals surface area (Å²) < 4.78 is 2.12. The summed E-state index contributed by atoms with van der Waals surface area (Å²) in [5.41, 5.74) is 1.58. The van der Waals surface area contributed by atoms with Crippen molar-refractivity contribution in [1.82, 2.24) is 4.57 Å². The number of hydrogen-bond donors (Lipinski definition) is 0. The Hall–Kier alpha value is -1.90. The monoisotopic (exact) mass is 241 g/mol.